The molecule has 1 aliphatic rings. The van der Waals surface area contributed by atoms with Crippen LogP contribution in [-0.4, -0.2) is 73.9 Å². The summed E-state index contributed by atoms with van der Waals surface area (Å²) in [6.07, 6.45) is 2.63. The second-order valence-corrected chi connectivity index (χ2v) is 8.01. The molecule has 7 nitrogen and oxygen atoms in total. The molecule has 2 N–H and O–H groups in total. The zero-order valence-electron chi connectivity index (χ0n) is 18.1. The maximum absolute atomic E-state index is 12.2. The summed E-state index contributed by atoms with van der Waals surface area (Å²) in [6, 6.07) is 10.5. The molecule has 7 heteroatoms. The molecule has 0 atom stereocenters. The number of guanidine groups is 1. The van der Waals surface area contributed by atoms with E-state index in [0.717, 1.165) is 38.9 Å². The van der Waals surface area contributed by atoms with Gasteiger partial charge in [-0.1, -0.05) is 44.2 Å². The molecule has 0 unspecified atom stereocenters. The Bertz CT molecular complexity index is 680. The number of benzene rings is 1. The molecule has 1 aromatic rings. The molecule has 0 radical (unpaired) electrons. The number of aliphatic imine (C=N–C) groups is 1. The molecular weight excluding hydrogens is 366 g/mol. The first-order chi connectivity index (χ1) is 13.9. The van der Waals surface area contributed by atoms with Gasteiger partial charge in [-0.3, -0.25) is 9.59 Å². The van der Waals surface area contributed by atoms with Crippen molar-refractivity contribution in [2.24, 2.45) is 10.9 Å². The van der Waals surface area contributed by atoms with Gasteiger partial charge in [-0.25, -0.2) is 4.99 Å². The van der Waals surface area contributed by atoms with Crippen LogP contribution in [0, 0.1) is 5.92 Å². The van der Waals surface area contributed by atoms with Gasteiger partial charge in [0.05, 0.1) is 0 Å². The van der Waals surface area contributed by atoms with E-state index in [1.165, 1.54) is 5.56 Å². The number of nitrogens with one attached hydrogen (secondary N) is 2. The predicted octanol–water partition coefficient (Wildman–Crippen LogP) is 1.50. The summed E-state index contributed by atoms with van der Waals surface area (Å²) in [5.41, 5.74) is 1.25. The van der Waals surface area contributed by atoms with Crippen LogP contribution < -0.4 is 10.6 Å². The van der Waals surface area contributed by atoms with Gasteiger partial charge in [-0.2, -0.15) is 0 Å². The first-order valence-corrected chi connectivity index (χ1v) is 10.4. The lowest BCUT2D eigenvalue weighted by molar-refractivity contribution is -0.135. The molecule has 0 aliphatic carbocycles. The van der Waals surface area contributed by atoms with E-state index < -0.39 is 0 Å². The number of carbonyl (C=O) groups is 2. The Morgan fingerprint density at radius 3 is 2.41 bits per heavy atom. The van der Waals surface area contributed by atoms with Gasteiger partial charge < -0.3 is 20.4 Å². The second kappa shape index (κ2) is 11.4. The van der Waals surface area contributed by atoms with E-state index >= 15 is 0 Å². The molecule has 1 saturated heterocycles. The number of likely N-dealkylation sites (tertiary alicyclic amines) is 1. The number of hydrogen-bond donors (Lipinski definition) is 2. The highest BCUT2D eigenvalue weighted by molar-refractivity contribution is 5.85. The predicted molar refractivity (Wildman–Crippen MR) is 117 cm³/mol. The third-order valence-corrected chi connectivity index (χ3v) is 5.06. The highest BCUT2D eigenvalue weighted by atomic mass is 16.2. The molecular formula is C22H35N5O2. The molecule has 1 aliphatic heterocycles. The van der Waals surface area contributed by atoms with Crippen molar-refractivity contribution in [3.63, 3.8) is 0 Å². The molecule has 160 valence electrons. The van der Waals surface area contributed by atoms with Crippen LogP contribution in [0.3, 0.4) is 0 Å². The van der Waals surface area contributed by atoms with Crippen LogP contribution in [0.1, 0.15) is 32.3 Å². The maximum Gasteiger partial charge on any atom is 0.243 e. The number of likely N-dealkylation sites (N-methyl/N-ethyl adjacent to an activating group) is 1. The number of piperidine rings is 1. The molecule has 2 rings (SSSR count). The van der Waals surface area contributed by atoms with Crippen LogP contribution in [0.5, 0.6) is 0 Å². The largest absolute Gasteiger partial charge is 0.356 e. The number of carbonyl (C=O) groups excluding carboxylic acids is 2. The third-order valence-electron chi connectivity index (χ3n) is 5.06. The summed E-state index contributed by atoms with van der Waals surface area (Å²) in [6.45, 7) is 6.23. The maximum atomic E-state index is 12.2. The van der Waals surface area contributed by atoms with Gasteiger partial charge in [0.25, 0.3) is 0 Å². The van der Waals surface area contributed by atoms with E-state index in [9.17, 15) is 9.59 Å². The highest BCUT2D eigenvalue weighted by Gasteiger charge is 2.24. The summed E-state index contributed by atoms with van der Waals surface area (Å²) in [4.78, 5) is 32.1. The lowest BCUT2D eigenvalue weighted by Gasteiger charge is -2.34. The minimum atomic E-state index is -0.0356. The summed E-state index contributed by atoms with van der Waals surface area (Å²) in [7, 11) is 3.46. The first kappa shape index (κ1) is 22.7. The fourth-order valence-corrected chi connectivity index (χ4v) is 3.21. The van der Waals surface area contributed by atoms with Gasteiger partial charge in [0.1, 0.15) is 6.54 Å². The standard InChI is InChI=1S/C22H35N5O2/c1-17(2)21(29)27-14-11-19(12-15-27)25-22(24-16-20(28)26(3)4)23-13-10-18-8-6-5-7-9-18/h5-9,17,19H,10-16H2,1-4H3,(H2,23,24,25). The Balaban J connectivity index is 1.90. The molecule has 0 bridgehead atoms. The lowest BCUT2D eigenvalue weighted by atomic mass is 10.0. The molecule has 2 amide bonds. The van der Waals surface area contributed by atoms with Crippen LogP contribution in [0.15, 0.2) is 35.3 Å². The Labute approximate surface area is 174 Å². The van der Waals surface area contributed by atoms with Crippen molar-refractivity contribution in [2.45, 2.75) is 39.2 Å². The topological polar surface area (TPSA) is 77.0 Å². The lowest BCUT2D eigenvalue weighted by Crippen LogP contribution is -2.50. The average Bonchev–Trinajstić information content (AvgIpc) is 2.72. The molecule has 0 aromatic heterocycles. The Kier molecular flexibility index (Phi) is 8.96. The van der Waals surface area contributed by atoms with Crippen molar-refractivity contribution >= 4 is 17.8 Å². The van der Waals surface area contributed by atoms with Crippen molar-refractivity contribution in [3.8, 4) is 0 Å². The summed E-state index contributed by atoms with van der Waals surface area (Å²) >= 11 is 0. The Hall–Kier alpha value is -2.57. The smallest absolute Gasteiger partial charge is 0.243 e. The number of nitrogens with zero attached hydrogens (tertiary/aromatic N) is 3. The zero-order chi connectivity index (χ0) is 21.2. The fourth-order valence-electron chi connectivity index (χ4n) is 3.21. The van der Waals surface area contributed by atoms with Gasteiger partial charge in [-0.05, 0) is 24.8 Å². The van der Waals surface area contributed by atoms with E-state index in [1.807, 2.05) is 36.9 Å². The van der Waals surface area contributed by atoms with Gasteiger partial charge in [0.2, 0.25) is 11.8 Å². The van der Waals surface area contributed by atoms with E-state index in [2.05, 4.69) is 27.8 Å². The van der Waals surface area contributed by atoms with Crippen LogP contribution in [0.4, 0.5) is 0 Å². The van der Waals surface area contributed by atoms with E-state index in [-0.39, 0.29) is 30.3 Å². The molecule has 1 aromatic carbocycles. The van der Waals surface area contributed by atoms with E-state index in [4.69, 9.17) is 0 Å². The van der Waals surface area contributed by atoms with Gasteiger partial charge >= 0.3 is 0 Å². The fraction of sp³-hybridized carbons (Fsp3) is 0.591. The summed E-state index contributed by atoms with van der Waals surface area (Å²) < 4.78 is 0. The normalized spacial score (nSPS) is 15.3. The number of rotatable bonds is 7. The van der Waals surface area contributed by atoms with Crippen molar-refractivity contribution in [2.75, 3.05) is 40.3 Å². The first-order valence-electron chi connectivity index (χ1n) is 10.4. The minimum absolute atomic E-state index is 0.0355. The molecule has 1 heterocycles. The molecule has 1 fully saturated rings. The van der Waals surface area contributed by atoms with Crippen molar-refractivity contribution < 1.29 is 9.59 Å². The van der Waals surface area contributed by atoms with E-state index in [1.54, 1.807) is 19.0 Å². The second-order valence-electron chi connectivity index (χ2n) is 8.01. The third kappa shape index (κ3) is 7.75. The van der Waals surface area contributed by atoms with Crippen LogP contribution >= 0.6 is 0 Å². The van der Waals surface area contributed by atoms with Crippen molar-refractivity contribution in [1.82, 2.24) is 20.4 Å². The van der Waals surface area contributed by atoms with Gasteiger partial charge in [0, 0.05) is 45.7 Å². The quantitative estimate of drug-likeness (QED) is 0.536. The average molecular weight is 402 g/mol. The highest BCUT2D eigenvalue weighted by Crippen LogP contribution is 2.13. The van der Waals surface area contributed by atoms with E-state index in [0.29, 0.717) is 5.96 Å². The summed E-state index contributed by atoms with van der Waals surface area (Å²) in [5, 5.41) is 6.81. The van der Waals surface area contributed by atoms with Gasteiger partial charge in [0.15, 0.2) is 5.96 Å². The Morgan fingerprint density at radius 1 is 1.17 bits per heavy atom. The number of hydrogen-bond acceptors (Lipinski definition) is 3. The molecule has 0 saturated carbocycles. The monoisotopic (exact) mass is 401 g/mol. The van der Waals surface area contributed by atoms with Crippen molar-refractivity contribution in [1.29, 1.82) is 0 Å². The van der Waals surface area contributed by atoms with Crippen molar-refractivity contribution in [3.05, 3.63) is 35.9 Å². The molecule has 0 spiro atoms. The van der Waals surface area contributed by atoms with Crippen LogP contribution in [0.2, 0.25) is 0 Å². The van der Waals surface area contributed by atoms with Gasteiger partial charge in [-0.15, -0.1) is 0 Å². The zero-order valence-corrected chi connectivity index (χ0v) is 18.1. The Morgan fingerprint density at radius 2 is 1.83 bits per heavy atom. The number of amides is 2. The summed E-state index contributed by atoms with van der Waals surface area (Å²) in [5.74, 6) is 0.875. The minimum Gasteiger partial charge on any atom is -0.356 e. The van der Waals surface area contributed by atoms with Crippen LogP contribution in [0.25, 0.3) is 0 Å². The molecule has 29 heavy (non-hydrogen) atoms. The SMILES string of the molecule is CC(C)C(=O)N1CCC(NC(=NCC(=O)N(C)C)NCCc2ccccc2)CC1. The van der Waals surface area contributed by atoms with Crippen LogP contribution in [-0.2, 0) is 16.0 Å².